The highest BCUT2D eigenvalue weighted by Gasteiger charge is 2.28. The van der Waals surface area contributed by atoms with Crippen molar-refractivity contribution in [3.8, 4) is 0 Å². The molecule has 2 rings (SSSR count). The first kappa shape index (κ1) is 23.4. The molecule has 0 radical (unpaired) electrons. The van der Waals surface area contributed by atoms with E-state index < -0.39 is 18.0 Å². The third kappa shape index (κ3) is 8.97. The fraction of sp³-hybridized carbons (Fsp3) is 0.842. The van der Waals surface area contributed by atoms with Crippen LogP contribution in [0.1, 0.15) is 27.2 Å². The molecule has 2 amide bonds. The second kappa shape index (κ2) is 11.3. The van der Waals surface area contributed by atoms with Crippen LogP contribution in [0.2, 0.25) is 0 Å². The van der Waals surface area contributed by atoms with Gasteiger partial charge < -0.3 is 30.1 Å². The van der Waals surface area contributed by atoms with Gasteiger partial charge in [0.2, 0.25) is 5.96 Å². The van der Waals surface area contributed by atoms with Gasteiger partial charge in [-0.1, -0.05) is 20.8 Å². The largest absolute Gasteiger partial charge is 0.480 e. The third-order valence-corrected chi connectivity index (χ3v) is 4.74. The van der Waals surface area contributed by atoms with Gasteiger partial charge in [-0.05, 0) is 11.8 Å². The zero-order chi connectivity index (χ0) is 21.3. The van der Waals surface area contributed by atoms with Crippen molar-refractivity contribution in [2.24, 2.45) is 10.4 Å². The van der Waals surface area contributed by atoms with Gasteiger partial charge in [-0.25, -0.2) is 9.59 Å². The van der Waals surface area contributed by atoms with E-state index in [9.17, 15) is 14.7 Å². The molecule has 166 valence electrons. The number of carbonyl (C=O) groups is 2. The molecule has 1 unspecified atom stereocenters. The highest BCUT2D eigenvalue weighted by atomic mass is 16.5. The highest BCUT2D eigenvalue weighted by molar-refractivity contribution is 5.94. The van der Waals surface area contributed by atoms with Crippen molar-refractivity contribution >= 4 is 18.0 Å². The number of amides is 2. The summed E-state index contributed by atoms with van der Waals surface area (Å²) in [6.45, 7) is 12.4. The number of rotatable bonds is 6. The molecule has 0 aromatic rings. The molecule has 10 heteroatoms. The average Bonchev–Trinajstić information content (AvgIpc) is 2.67. The average molecular weight is 414 g/mol. The first-order chi connectivity index (χ1) is 13.7. The Hall–Kier alpha value is -1.91. The summed E-state index contributed by atoms with van der Waals surface area (Å²) in [4.78, 5) is 32.4. The molecule has 2 heterocycles. The number of morpholine rings is 2. The standard InChI is InChI=1S/C19H35N5O5/c1-19(2,3)14-15(16(25)26)21-17(24-8-12-29-13-9-24)22-18(27)20-4-5-23-6-10-28-11-7-23/h15H,4-14H2,1-3H3,(H,25,26)(H2,20,21,22,27). The van der Waals surface area contributed by atoms with Crippen LogP contribution in [0.5, 0.6) is 0 Å². The molecule has 1 atom stereocenters. The van der Waals surface area contributed by atoms with Crippen LogP contribution in [-0.4, -0.2) is 105 Å². The maximum atomic E-state index is 12.4. The smallest absolute Gasteiger partial charge is 0.344 e. The molecular formula is C19H35N5O5. The second-order valence-corrected chi connectivity index (χ2v) is 8.52. The van der Waals surface area contributed by atoms with E-state index in [0.717, 1.165) is 19.6 Å². The number of hydrogen-bond donors (Lipinski definition) is 3. The summed E-state index contributed by atoms with van der Waals surface area (Å²) in [5.74, 6) is -0.678. The van der Waals surface area contributed by atoms with Crippen LogP contribution in [0.25, 0.3) is 0 Å². The summed E-state index contributed by atoms with van der Waals surface area (Å²) in [7, 11) is 0. The van der Waals surface area contributed by atoms with Crippen LogP contribution in [0, 0.1) is 5.41 Å². The lowest BCUT2D eigenvalue weighted by Gasteiger charge is -2.33. The molecule has 0 saturated carbocycles. The predicted molar refractivity (Wildman–Crippen MR) is 109 cm³/mol. The number of carboxylic acids is 1. The minimum absolute atomic E-state index is 0.188. The van der Waals surface area contributed by atoms with Crippen LogP contribution in [0.3, 0.4) is 0 Å². The lowest BCUT2D eigenvalue weighted by atomic mass is 9.88. The van der Waals surface area contributed by atoms with E-state index in [-0.39, 0.29) is 11.4 Å². The van der Waals surface area contributed by atoms with Crippen LogP contribution in [0.15, 0.2) is 4.99 Å². The van der Waals surface area contributed by atoms with Gasteiger partial charge in [-0.15, -0.1) is 0 Å². The molecule has 29 heavy (non-hydrogen) atoms. The van der Waals surface area contributed by atoms with Gasteiger partial charge in [0, 0.05) is 39.3 Å². The van der Waals surface area contributed by atoms with E-state index in [2.05, 4.69) is 20.5 Å². The first-order valence-electron chi connectivity index (χ1n) is 10.2. The fourth-order valence-corrected chi connectivity index (χ4v) is 3.22. The SMILES string of the molecule is CC(C)(C)CC(N/C(=N/C(=O)NCCN1CCOCC1)N1CCOCC1)C(=O)O. The summed E-state index contributed by atoms with van der Waals surface area (Å²) in [6.07, 6.45) is 0.407. The van der Waals surface area contributed by atoms with Gasteiger partial charge in [0.1, 0.15) is 6.04 Å². The monoisotopic (exact) mass is 413 g/mol. The van der Waals surface area contributed by atoms with Crippen molar-refractivity contribution in [3.05, 3.63) is 0 Å². The first-order valence-corrected chi connectivity index (χ1v) is 10.2. The number of nitrogens with one attached hydrogen (secondary N) is 2. The maximum absolute atomic E-state index is 12.4. The topological polar surface area (TPSA) is 116 Å². The zero-order valence-electron chi connectivity index (χ0n) is 17.8. The summed E-state index contributed by atoms with van der Waals surface area (Å²) < 4.78 is 10.7. The van der Waals surface area contributed by atoms with E-state index in [1.165, 1.54) is 0 Å². The predicted octanol–water partition coefficient (Wildman–Crippen LogP) is 0.195. The lowest BCUT2D eigenvalue weighted by Crippen LogP contribution is -2.53. The molecule has 2 aliphatic rings. The minimum atomic E-state index is -0.964. The molecular weight excluding hydrogens is 378 g/mol. The number of aliphatic carboxylic acids is 1. The second-order valence-electron chi connectivity index (χ2n) is 8.52. The Labute approximate surface area is 172 Å². The van der Waals surface area contributed by atoms with Gasteiger partial charge in [-0.2, -0.15) is 4.99 Å². The number of nitrogens with zero attached hydrogens (tertiary/aromatic N) is 3. The van der Waals surface area contributed by atoms with Gasteiger partial charge in [0.05, 0.1) is 26.4 Å². The normalized spacial score (nSPS) is 20.2. The summed E-state index contributed by atoms with van der Waals surface area (Å²) in [5.41, 5.74) is -0.188. The lowest BCUT2D eigenvalue weighted by molar-refractivity contribution is -0.139. The molecule has 0 aliphatic carbocycles. The quantitative estimate of drug-likeness (QED) is 0.418. The third-order valence-electron chi connectivity index (χ3n) is 4.74. The van der Waals surface area contributed by atoms with E-state index in [1.807, 2.05) is 25.7 Å². The number of hydrogen-bond acceptors (Lipinski definition) is 5. The van der Waals surface area contributed by atoms with Crippen molar-refractivity contribution in [2.45, 2.75) is 33.2 Å². The Bertz CT molecular complexity index is 566. The number of guanidine groups is 1. The maximum Gasteiger partial charge on any atom is 0.344 e. The van der Waals surface area contributed by atoms with Crippen molar-refractivity contribution in [1.29, 1.82) is 0 Å². The minimum Gasteiger partial charge on any atom is -0.480 e. The molecule has 0 aromatic carbocycles. The summed E-state index contributed by atoms with van der Waals surface area (Å²) in [6, 6.07) is -1.31. The number of ether oxygens (including phenoxy) is 2. The van der Waals surface area contributed by atoms with E-state index in [0.29, 0.717) is 52.5 Å². The Morgan fingerprint density at radius 3 is 2.21 bits per heavy atom. The Kier molecular flexibility index (Phi) is 9.12. The molecule has 0 spiro atoms. The number of carboxylic acid groups (broad SMARTS) is 1. The number of aliphatic imine (C=N–C) groups is 1. The van der Waals surface area contributed by atoms with Gasteiger partial charge in [-0.3, -0.25) is 4.90 Å². The van der Waals surface area contributed by atoms with Gasteiger partial charge in [0.25, 0.3) is 0 Å². The van der Waals surface area contributed by atoms with Gasteiger partial charge >= 0.3 is 12.0 Å². The molecule has 0 aromatic heterocycles. The highest BCUT2D eigenvalue weighted by Crippen LogP contribution is 2.21. The Balaban J connectivity index is 1.99. The van der Waals surface area contributed by atoms with Crippen molar-refractivity contribution < 1.29 is 24.2 Å². The molecule has 2 aliphatic heterocycles. The fourth-order valence-electron chi connectivity index (χ4n) is 3.22. The number of carbonyl (C=O) groups excluding carboxylic acids is 1. The van der Waals surface area contributed by atoms with Crippen molar-refractivity contribution in [2.75, 3.05) is 65.7 Å². The van der Waals surface area contributed by atoms with E-state index in [4.69, 9.17) is 9.47 Å². The Morgan fingerprint density at radius 1 is 1.07 bits per heavy atom. The van der Waals surface area contributed by atoms with Crippen molar-refractivity contribution in [3.63, 3.8) is 0 Å². The van der Waals surface area contributed by atoms with Crippen LogP contribution in [-0.2, 0) is 14.3 Å². The number of urea groups is 1. The Morgan fingerprint density at radius 2 is 1.66 bits per heavy atom. The molecule has 0 bridgehead atoms. The van der Waals surface area contributed by atoms with E-state index in [1.54, 1.807) is 0 Å². The van der Waals surface area contributed by atoms with Crippen LogP contribution < -0.4 is 10.6 Å². The van der Waals surface area contributed by atoms with Crippen LogP contribution >= 0.6 is 0 Å². The van der Waals surface area contributed by atoms with Gasteiger partial charge in [0.15, 0.2) is 0 Å². The van der Waals surface area contributed by atoms with E-state index >= 15 is 0 Å². The van der Waals surface area contributed by atoms with Crippen LogP contribution in [0.4, 0.5) is 4.79 Å². The molecule has 3 N–H and O–H groups in total. The molecule has 2 fully saturated rings. The molecule has 10 nitrogen and oxygen atoms in total. The summed E-state index contributed by atoms with van der Waals surface area (Å²) in [5, 5.41) is 15.4. The van der Waals surface area contributed by atoms with Crippen molar-refractivity contribution in [1.82, 2.24) is 20.4 Å². The molecule has 2 saturated heterocycles. The zero-order valence-corrected chi connectivity index (χ0v) is 17.8. The summed E-state index contributed by atoms with van der Waals surface area (Å²) >= 11 is 0.